The van der Waals surface area contributed by atoms with Crippen LogP contribution in [-0.2, 0) is 28.2 Å². The molecule has 11 nitrogen and oxygen atoms in total. The van der Waals surface area contributed by atoms with E-state index in [1.54, 1.807) is 42.5 Å². The normalized spacial score (nSPS) is 14.8. The van der Waals surface area contributed by atoms with Crippen LogP contribution in [0.15, 0.2) is 72.9 Å². The highest BCUT2D eigenvalue weighted by Gasteiger charge is 2.23. The number of aliphatic hydroxyl groups is 3. The third-order valence-electron chi connectivity index (χ3n) is 9.55. The fourth-order valence-corrected chi connectivity index (χ4v) is 6.42. The number of phosphoric ester groups is 1. The first kappa shape index (κ1) is 56.4. The van der Waals surface area contributed by atoms with Crippen molar-refractivity contribution in [3.63, 3.8) is 0 Å². The maximum atomic E-state index is 12.5. The zero-order valence-electron chi connectivity index (χ0n) is 36.5. The van der Waals surface area contributed by atoms with Gasteiger partial charge in [-0.2, -0.15) is 0 Å². The molecule has 0 rings (SSSR count). The molecule has 0 saturated heterocycles. The van der Waals surface area contributed by atoms with Crippen molar-refractivity contribution in [1.82, 2.24) is 0 Å². The lowest BCUT2D eigenvalue weighted by Gasteiger charge is -2.18. The van der Waals surface area contributed by atoms with E-state index in [4.69, 9.17) is 19.3 Å². The number of esters is 2. The predicted molar refractivity (Wildman–Crippen MR) is 238 cm³/mol. The van der Waals surface area contributed by atoms with Gasteiger partial charge >= 0.3 is 19.8 Å². The molecule has 12 heteroatoms. The van der Waals surface area contributed by atoms with Gasteiger partial charge in [-0.25, -0.2) is 4.57 Å². The lowest BCUT2D eigenvalue weighted by atomic mass is 10.0. The highest BCUT2D eigenvalue weighted by atomic mass is 31.2. The summed E-state index contributed by atoms with van der Waals surface area (Å²) in [5.41, 5.74) is 0. The quantitative estimate of drug-likeness (QED) is 0.0130. The van der Waals surface area contributed by atoms with Gasteiger partial charge in [0.25, 0.3) is 0 Å². The molecule has 0 unspecified atom stereocenters. The van der Waals surface area contributed by atoms with E-state index in [2.05, 4.69) is 23.6 Å². The van der Waals surface area contributed by atoms with E-state index >= 15 is 0 Å². The molecule has 0 aromatic carbocycles. The van der Waals surface area contributed by atoms with Crippen molar-refractivity contribution in [2.75, 3.05) is 13.2 Å². The summed E-state index contributed by atoms with van der Waals surface area (Å²) < 4.78 is 26.2. The molecule has 0 aromatic heterocycles. The summed E-state index contributed by atoms with van der Waals surface area (Å²) in [6.07, 6.45) is 42.8. The smallest absolute Gasteiger partial charge is 0.462 e. The first-order valence-corrected chi connectivity index (χ1v) is 24.1. The largest absolute Gasteiger partial charge is 0.469 e. The van der Waals surface area contributed by atoms with E-state index in [9.17, 15) is 29.5 Å². The zero-order chi connectivity index (χ0) is 43.7. The highest BCUT2D eigenvalue weighted by Crippen LogP contribution is 2.36. The Hall–Kier alpha value is -2.63. The lowest BCUT2D eigenvalue weighted by Crippen LogP contribution is -2.29. The first-order valence-electron chi connectivity index (χ1n) is 22.6. The van der Waals surface area contributed by atoms with Crippen molar-refractivity contribution < 1.29 is 53.3 Å². The minimum absolute atomic E-state index is 0.0907. The van der Waals surface area contributed by atoms with Gasteiger partial charge in [0.05, 0.1) is 24.9 Å². The molecule has 0 aliphatic heterocycles. The number of hydrogen-bond donors (Lipinski definition) is 5. The van der Waals surface area contributed by atoms with Gasteiger partial charge in [0.2, 0.25) is 0 Å². The summed E-state index contributed by atoms with van der Waals surface area (Å²) in [5.74, 6) is -1.22. The van der Waals surface area contributed by atoms with Gasteiger partial charge in [0.15, 0.2) is 6.10 Å². The predicted octanol–water partition coefficient (Wildman–Crippen LogP) is 10.8. The number of carbonyl (C=O) groups excluding carboxylic acids is 2. The SMILES string of the molecule is CC/C=C\C[C@@H](O)/C=C/C=C/C=C\C=C/[C@H](O)[C@@H](O)CCCC(=O)OC[C@H](COP(=O)(O)O)OC(=O)CCCCCCCCCCCCC/C=C\CCCCCCCC. The monoisotopic (exact) mass is 853 g/mol. The molecule has 0 bridgehead atoms. The molecular weight excluding hydrogens is 771 g/mol. The Kier molecular flexibility index (Phi) is 38.9. The minimum atomic E-state index is -4.84. The number of unbranched alkanes of at least 4 members (excludes halogenated alkanes) is 17. The Balaban J connectivity index is 4.17. The fraction of sp³-hybridized carbons (Fsp3) is 0.702. The van der Waals surface area contributed by atoms with E-state index in [0.717, 1.165) is 25.7 Å². The van der Waals surface area contributed by atoms with Crippen molar-refractivity contribution >= 4 is 19.8 Å². The molecule has 0 saturated carbocycles. The van der Waals surface area contributed by atoms with Crippen molar-refractivity contribution in [2.24, 2.45) is 0 Å². The molecule has 5 N–H and O–H groups in total. The summed E-state index contributed by atoms with van der Waals surface area (Å²) in [4.78, 5) is 43.0. The van der Waals surface area contributed by atoms with Gasteiger partial charge in [-0.3, -0.25) is 14.1 Å². The molecule has 340 valence electrons. The lowest BCUT2D eigenvalue weighted by molar-refractivity contribution is -0.161. The molecule has 0 aromatic rings. The summed E-state index contributed by atoms with van der Waals surface area (Å²) in [6, 6.07) is 0. The molecule has 0 amide bonds. The van der Waals surface area contributed by atoms with Gasteiger partial charge in [0.1, 0.15) is 6.61 Å². The Morgan fingerprint density at radius 3 is 1.64 bits per heavy atom. The first-order chi connectivity index (χ1) is 28.5. The van der Waals surface area contributed by atoms with Gasteiger partial charge < -0.3 is 34.6 Å². The average molecular weight is 853 g/mol. The molecule has 0 aliphatic rings. The van der Waals surface area contributed by atoms with Crippen molar-refractivity contribution in [3.05, 3.63) is 72.9 Å². The van der Waals surface area contributed by atoms with Crippen LogP contribution in [0.25, 0.3) is 0 Å². The summed E-state index contributed by atoms with van der Waals surface area (Å²) >= 11 is 0. The van der Waals surface area contributed by atoms with Crippen LogP contribution in [0.5, 0.6) is 0 Å². The van der Waals surface area contributed by atoms with Crippen LogP contribution in [-0.4, -0.2) is 74.7 Å². The van der Waals surface area contributed by atoms with E-state index in [1.807, 2.05) is 19.1 Å². The number of allylic oxidation sites excluding steroid dienone is 9. The summed E-state index contributed by atoms with van der Waals surface area (Å²) in [7, 11) is -4.84. The van der Waals surface area contributed by atoms with Crippen LogP contribution in [0, 0.1) is 0 Å². The Labute approximate surface area is 357 Å². The number of rotatable bonds is 40. The fourth-order valence-electron chi connectivity index (χ4n) is 6.06. The van der Waals surface area contributed by atoms with Gasteiger partial charge in [-0.15, -0.1) is 0 Å². The van der Waals surface area contributed by atoms with Crippen molar-refractivity contribution in [1.29, 1.82) is 0 Å². The van der Waals surface area contributed by atoms with Crippen LogP contribution < -0.4 is 0 Å². The molecule has 0 aliphatic carbocycles. The standard InChI is InChI=1S/C47H81O11P/c1-3-5-7-8-9-10-11-12-13-14-15-16-17-18-19-20-21-22-23-28-32-38-47(52)58-43(41-57-59(53,54)55)40-56-46(51)39-33-37-45(50)44(49)36-31-27-25-24-26-30-35-42(48)34-29-6-4-2/h6,12-13,24-27,29-31,35-36,42-45,48-50H,3-5,7-11,14-23,28,32-34,37-41H2,1-2H3,(H2,53,54,55)/b13-12-,26-24+,27-25-,29-6-,35-30+,36-31-/t42-,43-,44+,45+/m1/s1. The Bertz CT molecular complexity index is 1240. The number of aliphatic hydroxyl groups excluding tert-OH is 3. The number of hydrogen-bond acceptors (Lipinski definition) is 9. The molecular formula is C47H81O11P. The molecule has 0 radical (unpaired) electrons. The van der Waals surface area contributed by atoms with Gasteiger partial charge in [0, 0.05) is 12.8 Å². The van der Waals surface area contributed by atoms with Crippen LogP contribution >= 0.6 is 7.82 Å². The third kappa shape index (κ3) is 41.9. The van der Waals surface area contributed by atoms with Crippen molar-refractivity contribution in [2.45, 2.75) is 199 Å². The number of ether oxygens (including phenoxy) is 2. The van der Waals surface area contributed by atoms with Crippen molar-refractivity contribution in [3.8, 4) is 0 Å². The number of carbonyl (C=O) groups is 2. The molecule has 4 atom stereocenters. The van der Waals surface area contributed by atoms with E-state index in [0.29, 0.717) is 12.8 Å². The average Bonchev–Trinajstić information content (AvgIpc) is 3.20. The maximum Gasteiger partial charge on any atom is 0.469 e. The second kappa shape index (κ2) is 40.8. The topological polar surface area (TPSA) is 180 Å². The highest BCUT2D eigenvalue weighted by molar-refractivity contribution is 7.46. The molecule has 59 heavy (non-hydrogen) atoms. The second-order valence-electron chi connectivity index (χ2n) is 15.2. The maximum absolute atomic E-state index is 12.5. The molecule has 0 heterocycles. The van der Waals surface area contributed by atoms with Crippen LogP contribution in [0.4, 0.5) is 0 Å². The van der Waals surface area contributed by atoms with E-state index in [-0.39, 0.29) is 25.7 Å². The minimum Gasteiger partial charge on any atom is -0.462 e. The summed E-state index contributed by atoms with van der Waals surface area (Å²) in [6.45, 7) is 3.20. The van der Waals surface area contributed by atoms with E-state index in [1.165, 1.54) is 102 Å². The van der Waals surface area contributed by atoms with Crippen LogP contribution in [0.1, 0.15) is 174 Å². The second-order valence-corrected chi connectivity index (χ2v) is 16.4. The zero-order valence-corrected chi connectivity index (χ0v) is 37.4. The Morgan fingerprint density at radius 1 is 0.576 bits per heavy atom. The summed E-state index contributed by atoms with van der Waals surface area (Å²) in [5, 5.41) is 30.3. The van der Waals surface area contributed by atoms with Gasteiger partial charge in [-0.1, -0.05) is 177 Å². The van der Waals surface area contributed by atoms with Crippen LogP contribution in [0.2, 0.25) is 0 Å². The number of phosphoric acid groups is 1. The van der Waals surface area contributed by atoms with E-state index < -0.39 is 57.4 Å². The third-order valence-corrected chi connectivity index (χ3v) is 10.0. The Morgan fingerprint density at radius 2 is 1.08 bits per heavy atom. The van der Waals surface area contributed by atoms with Gasteiger partial charge in [-0.05, 0) is 57.8 Å². The molecule has 0 spiro atoms. The van der Waals surface area contributed by atoms with Crippen LogP contribution in [0.3, 0.4) is 0 Å². The molecule has 0 fully saturated rings.